The first kappa shape index (κ1) is 24.2. The van der Waals surface area contributed by atoms with E-state index in [1.807, 2.05) is 24.3 Å². The topological polar surface area (TPSA) is 95.2 Å². The third-order valence-electron chi connectivity index (χ3n) is 7.66. The highest BCUT2D eigenvalue weighted by atomic mass is 16.5. The molecule has 3 saturated carbocycles. The normalized spacial score (nSPS) is 23.5. The van der Waals surface area contributed by atoms with Crippen molar-refractivity contribution < 1.29 is 14.6 Å². The SMILES string of the molecule is CC(C)(O)C(NC(=O)C(CC#N)c1ccccn1)c1ccc(OCC23CCC(CC2)CC3)cc1. The van der Waals surface area contributed by atoms with Crippen molar-refractivity contribution >= 4 is 5.91 Å². The molecule has 1 aromatic carbocycles. The Morgan fingerprint density at radius 2 is 1.88 bits per heavy atom. The van der Waals surface area contributed by atoms with E-state index in [0.29, 0.717) is 11.1 Å². The van der Waals surface area contributed by atoms with E-state index in [9.17, 15) is 15.2 Å². The molecule has 1 heterocycles. The van der Waals surface area contributed by atoms with Gasteiger partial charge in [0, 0.05) is 11.6 Å². The van der Waals surface area contributed by atoms with Gasteiger partial charge in [-0.15, -0.1) is 0 Å². The molecule has 0 spiro atoms. The second-order valence-corrected chi connectivity index (χ2v) is 10.6. The van der Waals surface area contributed by atoms with Crippen LogP contribution < -0.4 is 10.1 Å². The number of rotatable bonds is 9. The summed E-state index contributed by atoms with van der Waals surface area (Å²) in [6.07, 6.45) is 9.42. The Morgan fingerprint density at radius 1 is 1.21 bits per heavy atom. The van der Waals surface area contributed by atoms with Crippen LogP contribution in [-0.4, -0.2) is 28.2 Å². The van der Waals surface area contributed by atoms with Gasteiger partial charge in [0.25, 0.3) is 0 Å². The highest BCUT2D eigenvalue weighted by Gasteiger charge is 2.41. The second-order valence-electron chi connectivity index (χ2n) is 10.6. The number of amides is 1. The monoisotopic (exact) mass is 461 g/mol. The molecule has 180 valence electrons. The van der Waals surface area contributed by atoms with Crippen molar-refractivity contribution in [3.05, 3.63) is 59.9 Å². The summed E-state index contributed by atoms with van der Waals surface area (Å²) < 4.78 is 6.20. The molecule has 6 nitrogen and oxygen atoms in total. The Balaban J connectivity index is 1.45. The molecule has 5 rings (SSSR count). The number of hydrogen-bond acceptors (Lipinski definition) is 5. The molecule has 2 atom stereocenters. The summed E-state index contributed by atoms with van der Waals surface area (Å²) in [5.41, 5.74) is 0.439. The van der Waals surface area contributed by atoms with E-state index in [4.69, 9.17) is 4.74 Å². The van der Waals surface area contributed by atoms with Gasteiger partial charge in [0.15, 0.2) is 0 Å². The van der Waals surface area contributed by atoms with Gasteiger partial charge in [-0.3, -0.25) is 9.78 Å². The summed E-state index contributed by atoms with van der Waals surface area (Å²) >= 11 is 0. The Kier molecular flexibility index (Phi) is 7.23. The van der Waals surface area contributed by atoms with Crippen molar-refractivity contribution in [1.82, 2.24) is 10.3 Å². The number of nitriles is 1. The number of pyridine rings is 1. The highest BCUT2D eigenvalue weighted by Crippen LogP contribution is 2.50. The number of aromatic nitrogens is 1. The molecule has 0 saturated heterocycles. The lowest BCUT2D eigenvalue weighted by molar-refractivity contribution is -0.125. The standard InChI is InChI=1S/C28H35N3O3/c1-27(2,33)25(31-26(32)23(13-17-29)24-5-3-4-18-30-24)21-6-8-22(9-7-21)34-19-28-14-10-20(11-15-28)12-16-28/h3-9,18,20,23,25,33H,10-16,19H2,1-2H3,(H,31,32). The van der Waals surface area contributed by atoms with E-state index in [-0.39, 0.29) is 12.3 Å². The third-order valence-corrected chi connectivity index (χ3v) is 7.66. The van der Waals surface area contributed by atoms with E-state index in [1.165, 1.54) is 38.5 Å². The minimum absolute atomic E-state index is 0.0106. The maximum atomic E-state index is 13.1. The van der Waals surface area contributed by atoms with Gasteiger partial charge in [0.05, 0.1) is 42.4 Å². The average Bonchev–Trinajstić information content (AvgIpc) is 2.86. The molecule has 2 bridgehead atoms. The molecule has 1 amide bonds. The molecule has 2 aromatic rings. The average molecular weight is 462 g/mol. The van der Waals surface area contributed by atoms with Gasteiger partial charge in [-0.2, -0.15) is 5.26 Å². The van der Waals surface area contributed by atoms with Crippen molar-refractivity contribution in [3.8, 4) is 11.8 Å². The van der Waals surface area contributed by atoms with Crippen LogP contribution >= 0.6 is 0 Å². The van der Waals surface area contributed by atoms with E-state index in [0.717, 1.165) is 23.8 Å². The molecular weight excluding hydrogens is 426 g/mol. The molecule has 6 heteroatoms. The number of nitrogens with one attached hydrogen (secondary N) is 1. The first-order valence-corrected chi connectivity index (χ1v) is 12.3. The number of aliphatic hydroxyl groups is 1. The fourth-order valence-corrected chi connectivity index (χ4v) is 5.46. The van der Waals surface area contributed by atoms with Crippen LogP contribution in [0, 0.1) is 22.7 Å². The van der Waals surface area contributed by atoms with Crippen LogP contribution in [0.5, 0.6) is 5.75 Å². The molecule has 1 aromatic heterocycles. The smallest absolute Gasteiger partial charge is 0.230 e. The lowest BCUT2D eigenvalue weighted by Gasteiger charge is -2.46. The van der Waals surface area contributed by atoms with Gasteiger partial charge in [-0.05, 0) is 88.1 Å². The number of ether oxygens (including phenoxy) is 1. The Labute approximate surface area is 202 Å². The van der Waals surface area contributed by atoms with Crippen LogP contribution in [0.1, 0.15) is 82.0 Å². The highest BCUT2D eigenvalue weighted by molar-refractivity contribution is 5.84. The number of hydrogen-bond donors (Lipinski definition) is 2. The molecule has 34 heavy (non-hydrogen) atoms. The summed E-state index contributed by atoms with van der Waals surface area (Å²) in [7, 11) is 0. The molecule has 0 aliphatic heterocycles. The molecule has 2 N–H and O–H groups in total. The fraction of sp³-hybridized carbons (Fsp3) is 0.536. The lowest BCUT2D eigenvalue weighted by Crippen LogP contribution is -2.44. The van der Waals surface area contributed by atoms with Crippen LogP contribution in [0.3, 0.4) is 0 Å². The zero-order valence-corrected chi connectivity index (χ0v) is 20.2. The van der Waals surface area contributed by atoms with Gasteiger partial charge >= 0.3 is 0 Å². The summed E-state index contributed by atoms with van der Waals surface area (Å²) in [6.45, 7) is 4.09. The minimum Gasteiger partial charge on any atom is -0.493 e. The first-order chi connectivity index (χ1) is 16.3. The van der Waals surface area contributed by atoms with E-state index in [1.54, 1.807) is 38.2 Å². The van der Waals surface area contributed by atoms with E-state index < -0.39 is 17.6 Å². The summed E-state index contributed by atoms with van der Waals surface area (Å²) in [6, 6.07) is 14.4. The van der Waals surface area contributed by atoms with Gasteiger partial charge < -0.3 is 15.2 Å². The number of carbonyl (C=O) groups excluding carboxylic acids is 1. The van der Waals surface area contributed by atoms with E-state index in [2.05, 4.69) is 16.4 Å². The Hall–Kier alpha value is -2.91. The van der Waals surface area contributed by atoms with Crippen LogP contribution in [0.25, 0.3) is 0 Å². The summed E-state index contributed by atoms with van der Waals surface area (Å²) in [5.74, 6) is 0.700. The summed E-state index contributed by atoms with van der Waals surface area (Å²) in [5, 5.41) is 23.1. The number of nitrogens with zero attached hydrogens (tertiary/aromatic N) is 2. The van der Waals surface area contributed by atoms with Gasteiger partial charge in [0.2, 0.25) is 5.91 Å². The maximum Gasteiger partial charge on any atom is 0.230 e. The predicted molar refractivity (Wildman–Crippen MR) is 130 cm³/mol. The second kappa shape index (κ2) is 10.1. The molecule has 2 unspecified atom stereocenters. The van der Waals surface area contributed by atoms with Gasteiger partial charge in [0.1, 0.15) is 5.75 Å². The molecule has 3 aliphatic carbocycles. The minimum atomic E-state index is -1.21. The van der Waals surface area contributed by atoms with Crippen LogP contribution in [0.4, 0.5) is 0 Å². The van der Waals surface area contributed by atoms with Crippen molar-refractivity contribution in [2.45, 2.75) is 76.4 Å². The van der Waals surface area contributed by atoms with Crippen molar-refractivity contribution in [2.24, 2.45) is 11.3 Å². The zero-order chi connectivity index (χ0) is 24.2. The quantitative estimate of drug-likeness (QED) is 0.544. The maximum absolute atomic E-state index is 13.1. The van der Waals surface area contributed by atoms with Crippen LogP contribution in [0.15, 0.2) is 48.7 Å². The molecule has 3 fully saturated rings. The lowest BCUT2D eigenvalue weighted by atomic mass is 9.61. The van der Waals surface area contributed by atoms with E-state index >= 15 is 0 Å². The van der Waals surface area contributed by atoms with Crippen molar-refractivity contribution in [2.75, 3.05) is 6.61 Å². The van der Waals surface area contributed by atoms with Gasteiger partial charge in [-0.25, -0.2) is 0 Å². The number of benzene rings is 1. The fourth-order valence-electron chi connectivity index (χ4n) is 5.46. The third kappa shape index (κ3) is 5.59. The van der Waals surface area contributed by atoms with Crippen molar-refractivity contribution in [1.29, 1.82) is 5.26 Å². The molecule has 3 aliphatic rings. The van der Waals surface area contributed by atoms with Crippen molar-refractivity contribution in [3.63, 3.8) is 0 Å². The Morgan fingerprint density at radius 3 is 2.44 bits per heavy atom. The van der Waals surface area contributed by atoms with Gasteiger partial charge in [-0.1, -0.05) is 18.2 Å². The predicted octanol–water partition coefficient (Wildman–Crippen LogP) is 5.06. The number of carbonyl (C=O) groups is 1. The largest absolute Gasteiger partial charge is 0.493 e. The zero-order valence-electron chi connectivity index (χ0n) is 20.2. The molecular formula is C28H35N3O3. The molecule has 0 radical (unpaired) electrons. The van der Waals surface area contributed by atoms with Crippen LogP contribution in [0.2, 0.25) is 0 Å². The Bertz CT molecular complexity index is 986. The number of fused-ring (bicyclic) bond motifs is 3. The summed E-state index contributed by atoms with van der Waals surface area (Å²) in [4.78, 5) is 17.4. The van der Waals surface area contributed by atoms with Crippen LogP contribution in [-0.2, 0) is 4.79 Å². The first-order valence-electron chi connectivity index (χ1n) is 12.3.